The van der Waals surface area contributed by atoms with Crippen LogP contribution in [0.25, 0.3) is 0 Å². The molecule has 1 aromatic rings. The van der Waals surface area contributed by atoms with Gasteiger partial charge in [-0.2, -0.15) is 0 Å². The molecule has 0 radical (unpaired) electrons. The molecule has 2 fully saturated rings. The summed E-state index contributed by atoms with van der Waals surface area (Å²) >= 11 is 0. The second-order valence-corrected chi connectivity index (χ2v) is 4.97. The summed E-state index contributed by atoms with van der Waals surface area (Å²) in [6.07, 6.45) is 3.42. The molecule has 7 heteroatoms. The molecule has 2 N–H and O–H groups in total. The number of nitrogens with zero attached hydrogens (tertiary/aromatic N) is 3. The minimum absolute atomic E-state index is 0.0106. The molecule has 2 aliphatic rings. The summed E-state index contributed by atoms with van der Waals surface area (Å²) in [7, 11) is 0. The molecule has 1 saturated carbocycles. The number of rotatable bonds is 2. The van der Waals surface area contributed by atoms with Crippen LogP contribution in [-0.4, -0.2) is 35.2 Å². The molecule has 102 valence electrons. The predicted octanol–water partition coefficient (Wildman–Crippen LogP) is 1.33. The van der Waals surface area contributed by atoms with E-state index in [9.17, 15) is 10.1 Å². The van der Waals surface area contributed by atoms with Gasteiger partial charge in [0.25, 0.3) is 5.69 Å². The number of hydrogen-bond donors (Lipinski definition) is 1. The summed E-state index contributed by atoms with van der Waals surface area (Å²) in [5.74, 6) is 0.775. The van der Waals surface area contributed by atoms with Crippen LogP contribution >= 0.6 is 0 Å². The van der Waals surface area contributed by atoms with Gasteiger partial charge in [-0.1, -0.05) is 0 Å². The number of pyridine rings is 1. The molecule has 19 heavy (non-hydrogen) atoms. The molecule has 1 aliphatic heterocycles. The molecule has 1 aliphatic carbocycles. The average molecular weight is 264 g/mol. The Morgan fingerprint density at radius 2 is 2.32 bits per heavy atom. The lowest BCUT2D eigenvalue weighted by atomic mass is 10.1. The van der Waals surface area contributed by atoms with Crippen molar-refractivity contribution in [3.63, 3.8) is 0 Å². The SMILES string of the molecule is Nc1cc([N+](=O)[O-])cc(N2CCOC3CCCC32)n1. The fraction of sp³-hybridized carbons (Fsp3) is 0.583. The van der Waals surface area contributed by atoms with E-state index in [4.69, 9.17) is 10.5 Å². The highest BCUT2D eigenvalue weighted by molar-refractivity contribution is 5.55. The first-order valence-electron chi connectivity index (χ1n) is 6.45. The van der Waals surface area contributed by atoms with E-state index in [2.05, 4.69) is 9.88 Å². The fourth-order valence-corrected chi connectivity index (χ4v) is 2.98. The quantitative estimate of drug-likeness (QED) is 0.639. The van der Waals surface area contributed by atoms with Crippen LogP contribution in [0.5, 0.6) is 0 Å². The van der Waals surface area contributed by atoms with Crippen LogP contribution < -0.4 is 10.6 Å². The number of nitro groups is 1. The molecule has 7 nitrogen and oxygen atoms in total. The van der Waals surface area contributed by atoms with Crippen molar-refractivity contribution >= 4 is 17.3 Å². The number of hydrogen-bond acceptors (Lipinski definition) is 6. The van der Waals surface area contributed by atoms with E-state index in [1.54, 1.807) is 0 Å². The highest BCUT2D eigenvalue weighted by Gasteiger charge is 2.37. The third-order valence-electron chi connectivity index (χ3n) is 3.80. The van der Waals surface area contributed by atoms with Crippen LogP contribution in [0.2, 0.25) is 0 Å². The lowest BCUT2D eigenvalue weighted by Gasteiger charge is -2.38. The lowest BCUT2D eigenvalue weighted by Crippen LogP contribution is -2.49. The molecule has 2 heterocycles. The second-order valence-electron chi connectivity index (χ2n) is 4.97. The Hall–Kier alpha value is -1.89. The fourth-order valence-electron chi connectivity index (χ4n) is 2.98. The molecule has 1 saturated heterocycles. The number of nitrogen functional groups attached to an aromatic ring is 1. The second kappa shape index (κ2) is 4.65. The molecular weight excluding hydrogens is 248 g/mol. The zero-order valence-corrected chi connectivity index (χ0v) is 10.5. The van der Waals surface area contributed by atoms with E-state index in [1.807, 2.05) is 0 Å². The summed E-state index contributed by atoms with van der Waals surface area (Å²) < 4.78 is 5.73. The topological polar surface area (TPSA) is 94.5 Å². The molecule has 0 bridgehead atoms. The minimum Gasteiger partial charge on any atom is -0.383 e. The summed E-state index contributed by atoms with van der Waals surface area (Å²) in [5, 5.41) is 10.9. The molecule has 2 atom stereocenters. The Balaban J connectivity index is 1.94. The van der Waals surface area contributed by atoms with Gasteiger partial charge in [-0.25, -0.2) is 4.98 Å². The molecule has 0 aromatic carbocycles. The van der Waals surface area contributed by atoms with Gasteiger partial charge in [0.15, 0.2) is 0 Å². The first-order valence-corrected chi connectivity index (χ1v) is 6.45. The Morgan fingerprint density at radius 1 is 1.47 bits per heavy atom. The number of ether oxygens (including phenoxy) is 1. The Kier molecular flexibility index (Phi) is 2.98. The zero-order valence-electron chi connectivity index (χ0n) is 10.5. The van der Waals surface area contributed by atoms with Crippen molar-refractivity contribution in [3.05, 3.63) is 22.2 Å². The normalized spacial score (nSPS) is 26.2. The first-order chi connectivity index (χ1) is 9.15. The molecule has 3 rings (SSSR count). The van der Waals surface area contributed by atoms with Crippen LogP contribution in [0.1, 0.15) is 19.3 Å². The predicted molar refractivity (Wildman–Crippen MR) is 70.0 cm³/mol. The Labute approximate surface area is 110 Å². The van der Waals surface area contributed by atoms with Crippen LogP contribution in [0.3, 0.4) is 0 Å². The lowest BCUT2D eigenvalue weighted by molar-refractivity contribution is -0.384. The van der Waals surface area contributed by atoms with Crippen molar-refractivity contribution in [3.8, 4) is 0 Å². The highest BCUT2D eigenvalue weighted by Crippen LogP contribution is 2.33. The molecule has 1 aromatic heterocycles. The highest BCUT2D eigenvalue weighted by atomic mass is 16.6. The van der Waals surface area contributed by atoms with Gasteiger partial charge in [0.05, 0.1) is 35.8 Å². The van der Waals surface area contributed by atoms with Crippen molar-refractivity contribution < 1.29 is 9.66 Å². The van der Waals surface area contributed by atoms with Gasteiger partial charge < -0.3 is 15.4 Å². The zero-order chi connectivity index (χ0) is 13.4. The summed E-state index contributed by atoms with van der Waals surface area (Å²) in [6, 6.07) is 3.05. The number of anilines is 2. The first kappa shape index (κ1) is 12.2. The van der Waals surface area contributed by atoms with Crippen LogP contribution in [-0.2, 0) is 4.74 Å². The van der Waals surface area contributed by atoms with E-state index in [1.165, 1.54) is 12.1 Å². The van der Waals surface area contributed by atoms with Crippen molar-refractivity contribution in [2.75, 3.05) is 23.8 Å². The minimum atomic E-state index is -0.436. The van der Waals surface area contributed by atoms with E-state index >= 15 is 0 Å². The number of nitrogens with two attached hydrogens (primary N) is 1. The van der Waals surface area contributed by atoms with Gasteiger partial charge in [0.2, 0.25) is 0 Å². The van der Waals surface area contributed by atoms with Crippen LogP contribution in [0.15, 0.2) is 12.1 Å². The van der Waals surface area contributed by atoms with Gasteiger partial charge in [-0.15, -0.1) is 0 Å². The average Bonchev–Trinajstić information content (AvgIpc) is 2.85. The van der Waals surface area contributed by atoms with Gasteiger partial charge in [-0.3, -0.25) is 10.1 Å². The maximum absolute atomic E-state index is 10.9. The molecular formula is C12H16N4O3. The number of fused-ring (bicyclic) bond motifs is 1. The monoisotopic (exact) mass is 264 g/mol. The van der Waals surface area contributed by atoms with Crippen molar-refractivity contribution in [2.45, 2.75) is 31.4 Å². The molecule has 2 unspecified atom stereocenters. The maximum Gasteiger partial charge on any atom is 0.276 e. The van der Waals surface area contributed by atoms with Crippen molar-refractivity contribution in [1.29, 1.82) is 0 Å². The van der Waals surface area contributed by atoms with E-state index in [0.717, 1.165) is 19.3 Å². The third-order valence-corrected chi connectivity index (χ3v) is 3.80. The Morgan fingerprint density at radius 3 is 3.11 bits per heavy atom. The molecule has 0 spiro atoms. The smallest absolute Gasteiger partial charge is 0.276 e. The van der Waals surface area contributed by atoms with Crippen LogP contribution in [0.4, 0.5) is 17.3 Å². The standard InChI is InChI=1S/C12H16N4O3/c13-11-6-8(16(17)18)7-12(14-11)15-4-5-19-10-3-1-2-9(10)15/h6-7,9-10H,1-5H2,(H2,13,14). The van der Waals surface area contributed by atoms with E-state index < -0.39 is 4.92 Å². The third kappa shape index (κ3) is 2.21. The summed E-state index contributed by atoms with van der Waals surface area (Å²) in [5.41, 5.74) is 5.66. The van der Waals surface area contributed by atoms with Crippen molar-refractivity contribution in [1.82, 2.24) is 4.98 Å². The Bertz CT molecular complexity index is 508. The van der Waals surface area contributed by atoms with Gasteiger partial charge in [0, 0.05) is 6.54 Å². The van der Waals surface area contributed by atoms with E-state index in [-0.39, 0.29) is 23.7 Å². The maximum atomic E-state index is 10.9. The summed E-state index contributed by atoms with van der Waals surface area (Å²) in [6.45, 7) is 1.33. The number of aromatic nitrogens is 1. The van der Waals surface area contributed by atoms with Crippen molar-refractivity contribution in [2.24, 2.45) is 0 Å². The largest absolute Gasteiger partial charge is 0.383 e. The van der Waals surface area contributed by atoms with E-state index in [0.29, 0.717) is 19.0 Å². The van der Waals surface area contributed by atoms with Gasteiger partial charge >= 0.3 is 0 Å². The van der Waals surface area contributed by atoms with Gasteiger partial charge in [0.1, 0.15) is 11.6 Å². The van der Waals surface area contributed by atoms with Crippen LogP contribution in [0, 0.1) is 10.1 Å². The number of morpholine rings is 1. The molecule has 0 amide bonds. The van der Waals surface area contributed by atoms with Gasteiger partial charge in [-0.05, 0) is 19.3 Å². The summed E-state index contributed by atoms with van der Waals surface area (Å²) in [4.78, 5) is 16.8.